The van der Waals surface area contributed by atoms with Crippen molar-refractivity contribution in [2.75, 3.05) is 12.4 Å². The first-order valence-electron chi connectivity index (χ1n) is 6.25. The second-order valence-corrected chi connectivity index (χ2v) is 5.38. The zero-order valence-corrected chi connectivity index (χ0v) is 12.0. The SMILES string of the molecule is COc1ccc(NC(=O)C2(C(N)=S)CCC2)cc1C. The number of benzene rings is 1. The number of amides is 1. The second kappa shape index (κ2) is 5.17. The molecule has 0 aromatic heterocycles. The van der Waals surface area contributed by atoms with Crippen LogP contribution >= 0.6 is 12.2 Å². The normalized spacial score (nSPS) is 16.3. The molecule has 1 aromatic rings. The zero-order valence-electron chi connectivity index (χ0n) is 11.2. The van der Waals surface area contributed by atoms with Crippen LogP contribution in [-0.4, -0.2) is 18.0 Å². The highest BCUT2D eigenvalue weighted by Gasteiger charge is 2.46. The summed E-state index contributed by atoms with van der Waals surface area (Å²) in [7, 11) is 1.62. The maximum atomic E-state index is 12.3. The van der Waals surface area contributed by atoms with Crippen molar-refractivity contribution in [2.24, 2.45) is 11.1 Å². The highest BCUT2D eigenvalue weighted by Crippen LogP contribution is 2.42. The smallest absolute Gasteiger partial charge is 0.237 e. The van der Waals surface area contributed by atoms with Gasteiger partial charge in [-0.3, -0.25) is 4.79 Å². The predicted octanol–water partition coefficient (Wildman–Crippen LogP) is 2.40. The molecular weight excluding hydrogens is 260 g/mol. The average Bonchev–Trinajstić information content (AvgIpc) is 2.26. The van der Waals surface area contributed by atoms with Gasteiger partial charge in [0.25, 0.3) is 0 Å². The third-order valence-corrected chi connectivity index (χ3v) is 4.16. The Morgan fingerprint density at radius 2 is 2.16 bits per heavy atom. The van der Waals surface area contributed by atoms with E-state index in [1.165, 1.54) is 0 Å². The quantitative estimate of drug-likeness (QED) is 0.830. The number of rotatable bonds is 4. The first-order chi connectivity index (χ1) is 8.99. The lowest BCUT2D eigenvalue weighted by molar-refractivity contribution is -0.125. The maximum Gasteiger partial charge on any atom is 0.237 e. The van der Waals surface area contributed by atoms with Gasteiger partial charge < -0.3 is 15.8 Å². The third kappa shape index (κ3) is 2.42. The van der Waals surface area contributed by atoms with Crippen LogP contribution in [0.1, 0.15) is 24.8 Å². The van der Waals surface area contributed by atoms with E-state index in [1.54, 1.807) is 7.11 Å². The molecule has 1 aliphatic carbocycles. The molecule has 0 heterocycles. The molecule has 0 atom stereocenters. The van der Waals surface area contributed by atoms with E-state index in [-0.39, 0.29) is 5.91 Å². The van der Waals surface area contributed by atoms with E-state index >= 15 is 0 Å². The lowest BCUT2D eigenvalue weighted by Crippen LogP contribution is -2.50. The molecule has 0 spiro atoms. The molecule has 3 N–H and O–H groups in total. The Hall–Kier alpha value is -1.62. The van der Waals surface area contributed by atoms with E-state index in [9.17, 15) is 4.79 Å². The first-order valence-corrected chi connectivity index (χ1v) is 6.66. The van der Waals surface area contributed by atoms with E-state index in [1.807, 2.05) is 25.1 Å². The summed E-state index contributed by atoms with van der Waals surface area (Å²) in [5.41, 5.74) is 6.78. The summed E-state index contributed by atoms with van der Waals surface area (Å²) >= 11 is 5.04. The second-order valence-electron chi connectivity index (χ2n) is 4.94. The molecular formula is C14H18N2O2S. The van der Waals surface area contributed by atoms with Gasteiger partial charge in [-0.1, -0.05) is 18.6 Å². The lowest BCUT2D eigenvalue weighted by Gasteiger charge is -2.39. The fourth-order valence-electron chi connectivity index (χ4n) is 2.32. The number of carbonyl (C=O) groups excluding carboxylic acids is 1. The van der Waals surface area contributed by atoms with Crippen LogP contribution in [0.25, 0.3) is 0 Å². The average molecular weight is 278 g/mol. The van der Waals surface area contributed by atoms with Gasteiger partial charge >= 0.3 is 0 Å². The Bertz CT molecular complexity index is 524. The minimum atomic E-state index is -0.650. The Labute approximate surface area is 118 Å². The van der Waals surface area contributed by atoms with Gasteiger partial charge in [0.15, 0.2) is 0 Å². The monoisotopic (exact) mass is 278 g/mol. The number of nitrogens with one attached hydrogen (secondary N) is 1. The van der Waals surface area contributed by atoms with Crippen LogP contribution in [0, 0.1) is 12.3 Å². The number of anilines is 1. The molecule has 0 aliphatic heterocycles. The molecule has 1 aliphatic rings. The number of hydrogen-bond donors (Lipinski definition) is 2. The summed E-state index contributed by atoms with van der Waals surface area (Å²) in [6.07, 6.45) is 2.47. The Morgan fingerprint density at radius 3 is 2.58 bits per heavy atom. The van der Waals surface area contributed by atoms with Crippen LogP contribution in [-0.2, 0) is 4.79 Å². The molecule has 2 rings (SSSR count). The highest BCUT2D eigenvalue weighted by atomic mass is 32.1. The van der Waals surface area contributed by atoms with Crippen LogP contribution in [0.4, 0.5) is 5.69 Å². The van der Waals surface area contributed by atoms with Crippen molar-refractivity contribution in [3.05, 3.63) is 23.8 Å². The predicted molar refractivity (Wildman–Crippen MR) is 79.4 cm³/mol. The molecule has 0 unspecified atom stereocenters. The highest BCUT2D eigenvalue weighted by molar-refractivity contribution is 7.80. The summed E-state index contributed by atoms with van der Waals surface area (Å²) < 4.78 is 5.19. The number of thiocarbonyl (C=S) groups is 1. The Kier molecular flexibility index (Phi) is 3.75. The van der Waals surface area contributed by atoms with Crippen molar-refractivity contribution in [3.8, 4) is 5.75 Å². The van der Waals surface area contributed by atoms with E-state index in [0.717, 1.165) is 36.3 Å². The Balaban J connectivity index is 2.15. The number of aryl methyl sites for hydroxylation is 1. The van der Waals surface area contributed by atoms with Crippen molar-refractivity contribution in [1.29, 1.82) is 0 Å². The number of hydrogen-bond acceptors (Lipinski definition) is 3. The van der Waals surface area contributed by atoms with E-state index in [4.69, 9.17) is 22.7 Å². The van der Waals surface area contributed by atoms with Crippen molar-refractivity contribution >= 4 is 28.8 Å². The number of ether oxygens (including phenoxy) is 1. The molecule has 5 heteroatoms. The van der Waals surface area contributed by atoms with E-state index in [0.29, 0.717) is 4.99 Å². The third-order valence-electron chi connectivity index (χ3n) is 3.77. The van der Waals surface area contributed by atoms with Gasteiger partial charge in [0.05, 0.1) is 17.5 Å². The van der Waals surface area contributed by atoms with E-state index < -0.39 is 5.41 Å². The van der Waals surface area contributed by atoms with Gasteiger partial charge in [-0.05, 0) is 43.5 Å². The lowest BCUT2D eigenvalue weighted by atomic mass is 9.68. The zero-order chi connectivity index (χ0) is 14.0. The molecule has 1 fully saturated rings. The summed E-state index contributed by atoms with van der Waals surface area (Å²) in [4.78, 5) is 12.6. The number of nitrogens with two attached hydrogens (primary N) is 1. The molecule has 19 heavy (non-hydrogen) atoms. The maximum absolute atomic E-state index is 12.3. The minimum Gasteiger partial charge on any atom is -0.496 e. The standard InChI is InChI=1S/C14H18N2O2S/c1-9-8-10(4-5-11(9)18-2)16-13(17)14(12(15)19)6-3-7-14/h4-5,8H,3,6-7H2,1-2H3,(H2,15,19)(H,16,17). The van der Waals surface area contributed by atoms with Crippen LogP contribution in [0.5, 0.6) is 5.75 Å². The van der Waals surface area contributed by atoms with Crippen LogP contribution in [0.2, 0.25) is 0 Å². The topological polar surface area (TPSA) is 64.3 Å². The van der Waals surface area contributed by atoms with Crippen molar-refractivity contribution < 1.29 is 9.53 Å². The van der Waals surface area contributed by atoms with Gasteiger partial charge in [-0.2, -0.15) is 0 Å². The summed E-state index contributed by atoms with van der Waals surface area (Å²) in [6, 6.07) is 5.53. The van der Waals surface area contributed by atoms with Crippen molar-refractivity contribution in [1.82, 2.24) is 0 Å². The summed E-state index contributed by atoms with van der Waals surface area (Å²) in [6.45, 7) is 1.93. The first kappa shape index (κ1) is 13.8. The Morgan fingerprint density at radius 1 is 1.47 bits per heavy atom. The summed E-state index contributed by atoms with van der Waals surface area (Å²) in [5, 5.41) is 2.90. The van der Waals surface area contributed by atoms with Crippen LogP contribution < -0.4 is 15.8 Å². The van der Waals surface area contributed by atoms with Gasteiger partial charge in [0.2, 0.25) is 5.91 Å². The van der Waals surface area contributed by atoms with Crippen molar-refractivity contribution in [3.63, 3.8) is 0 Å². The van der Waals surface area contributed by atoms with Gasteiger partial charge in [-0.25, -0.2) is 0 Å². The largest absolute Gasteiger partial charge is 0.496 e. The number of carbonyl (C=O) groups is 1. The fourth-order valence-corrected chi connectivity index (χ4v) is 2.62. The molecule has 102 valence electrons. The van der Waals surface area contributed by atoms with Crippen molar-refractivity contribution in [2.45, 2.75) is 26.2 Å². The van der Waals surface area contributed by atoms with Gasteiger partial charge in [0, 0.05) is 5.69 Å². The molecule has 1 aromatic carbocycles. The molecule has 1 saturated carbocycles. The van der Waals surface area contributed by atoms with E-state index in [2.05, 4.69) is 5.32 Å². The van der Waals surface area contributed by atoms with Crippen LogP contribution in [0.15, 0.2) is 18.2 Å². The molecule has 1 amide bonds. The molecule has 4 nitrogen and oxygen atoms in total. The van der Waals surface area contributed by atoms with Gasteiger partial charge in [0.1, 0.15) is 5.75 Å². The van der Waals surface area contributed by atoms with Crippen LogP contribution in [0.3, 0.4) is 0 Å². The molecule has 0 saturated heterocycles. The van der Waals surface area contributed by atoms with Gasteiger partial charge in [-0.15, -0.1) is 0 Å². The fraction of sp³-hybridized carbons (Fsp3) is 0.429. The molecule has 0 bridgehead atoms. The summed E-state index contributed by atoms with van der Waals surface area (Å²) in [5.74, 6) is 0.696. The number of methoxy groups -OCH3 is 1. The molecule has 0 radical (unpaired) electrons. The minimum absolute atomic E-state index is 0.101.